The van der Waals surface area contributed by atoms with Crippen LogP contribution in [0.2, 0.25) is 0 Å². The highest BCUT2D eigenvalue weighted by Gasteiger charge is 1.96. The van der Waals surface area contributed by atoms with Gasteiger partial charge in [0.25, 0.3) is 0 Å². The van der Waals surface area contributed by atoms with E-state index in [0.29, 0.717) is 19.0 Å². The Kier molecular flexibility index (Phi) is 8.27. The summed E-state index contributed by atoms with van der Waals surface area (Å²) in [7, 11) is 0. The quantitative estimate of drug-likeness (QED) is 0.360. The normalized spacial score (nSPS) is 10.7. The molecule has 3 N–H and O–H groups in total. The summed E-state index contributed by atoms with van der Waals surface area (Å²) in [5.74, 6) is 1.23. The van der Waals surface area contributed by atoms with E-state index in [9.17, 15) is 0 Å². The minimum absolute atomic E-state index is 0. The SMILES string of the molecule is C=C(C)CN=C(N)NCCc1ncc(C)cn1.I. The van der Waals surface area contributed by atoms with Gasteiger partial charge in [0.2, 0.25) is 0 Å². The van der Waals surface area contributed by atoms with Gasteiger partial charge in [0, 0.05) is 25.4 Å². The maximum Gasteiger partial charge on any atom is 0.188 e. The van der Waals surface area contributed by atoms with Crippen molar-refractivity contribution in [3.05, 3.63) is 35.9 Å². The van der Waals surface area contributed by atoms with Crippen molar-refractivity contribution in [3.8, 4) is 0 Å². The van der Waals surface area contributed by atoms with Crippen LogP contribution in [-0.4, -0.2) is 29.0 Å². The summed E-state index contributed by atoms with van der Waals surface area (Å²) in [4.78, 5) is 12.5. The lowest BCUT2D eigenvalue weighted by Gasteiger charge is -2.05. The molecule has 0 amide bonds. The molecule has 0 aliphatic rings. The van der Waals surface area contributed by atoms with Gasteiger partial charge in [-0.15, -0.1) is 24.0 Å². The molecule has 0 atom stereocenters. The fraction of sp³-hybridized carbons (Fsp3) is 0.417. The first-order chi connectivity index (χ1) is 8.08. The van der Waals surface area contributed by atoms with Crippen molar-refractivity contribution in [2.75, 3.05) is 13.1 Å². The predicted molar refractivity (Wildman–Crippen MR) is 85.2 cm³/mol. The molecule has 0 spiro atoms. The molecule has 5 nitrogen and oxygen atoms in total. The Morgan fingerprint density at radius 3 is 2.61 bits per heavy atom. The van der Waals surface area contributed by atoms with Gasteiger partial charge in [-0.3, -0.25) is 0 Å². The molecule has 1 heterocycles. The van der Waals surface area contributed by atoms with Gasteiger partial charge in [-0.1, -0.05) is 12.2 Å². The first-order valence-electron chi connectivity index (χ1n) is 5.53. The maximum atomic E-state index is 5.67. The molecule has 0 saturated heterocycles. The molecule has 18 heavy (non-hydrogen) atoms. The zero-order valence-electron chi connectivity index (χ0n) is 10.8. The number of nitrogens with zero attached hydrogens (tertiary/aromatic N) is 3. The summed E-state index contributed by atoms with van der Waals surface area (Å²) in [5, 5.41) is 3.01. The number of hydrogen-bond donors (Lipinski definition) is 2. The number of nitrogens with one attached hydrogen (secondary N) is 1. The Bertz CT molecular complexity index is 399. The van der Waals surface area contributed by atoms with E-state index in [0.717, 1.165) is 23.4 Å². The molecule has 0 bridgehead atoms. The van der Waals surface area contributed by atoms with Crippen molar-refractivity contribution < 1.29 is 0 Å². The minimum Gasteiger partial charge on any atom is -0.370 e. The van der Waals surface area contributed by atoms with Crippen molar-refractivity contribution in [1.82, 2.24) is 15.3 Å². The van der Waals surface area contributed by atoms with Crippen LogP contribution < -0.4 is 11.1 Å². The van der Waals surface area contributed by atoms with Crippen molar-refractivity contribution >= 4 is 29.9 Å². The zero-order chi connectivity index (χ0) is 12.7. The fourth-order valence-corrected chi connectivity index (χ4v) is 1.13. The highest BCUT2D eigenvalue weighted by Crippen LogP contribution is 1.93. The summed E-state index contributed by atoms with van der Waals surface area (Å²) >= 11 is 0. The van der Waals surface area contributed by atoms with Gasteiger partial charge in [0.15, 0.2) is 5.96 Å². The average Bonchev–Trinajstić information content (AvgIpc) is 2.29. The topological polar surface area (TPSA) is 76.2 Å². The van der Waals surface area contributed by atoms with E-state index in [2.05, 4.69) is 26.9 Å². The number of aryl methyl sites for hydroxylation is 1. The van der Waals surface area contributed by atoms with E-state index in [1.807, 2.05) is 13.8 Å². The third-order valence-electron chi connectivity index (χ3n) is 2.01. The Morgan fingerprint density at radius 1 is 1.44 bits per heavy atom. The lowest BCUT2D eigenvalue weighted by molar-refractivity contribution is 0.798. The van der Waals surface area contributed by atoms with Crippen LogP contribution in [0.5, 0.6) is 0 Å². The minimum atomic E-state index is 0. The van der Waals surface area contributed by atoms with E-state index in [4.69, 9.17) is 5.73 Å². The Balaban J connectivity index is 0.00000289. The van der Waals surface area contributed by atoms with Crippen LogP contribution in [0.3, 0.4) is 0 Å². The van der Waals surface area contributed by atoms with Crippen LogP contribution in [0.4, 0.5) is 0 Å². The van der Waals surface area contributed by atoms with Gasteiger partial charge >= 0.3 is 0 Å². The lowest BCUT2D eigenvalue weighted by atomic mass is 10.3. The monoisotopic (exact) mass is 361 g/mol. The first kappa shape index (κ1) is 16.8. The second kappa shape index (κ2) is 8.84. The highest BCUT2D eigenvalue weighted by molar-refractivity contribution is 14.0. The smallest absolute Gasteiger partial charge is 0.188 e. The largest absolute Gasteiger partial charge is 0.370 e. The Hall–Kier alpha value is -1.18. The molecular weight excluding hydrogens is 341 g/mol. The summed E-state index contributed by atoms with van der Waals surface area (Å²) in [5.41, 5.74) is 7.71. The number of guanidine groups is 1. The summed E-state index contributed by atoms with van der Waals surface area (Å²) in [6.07, 6.45) is 4.34. The zero-order valence-corrected chi connectivity index (χ0v) is 13.1. The number of rotatable bonds is 5. The molecule has 6 heteroatoms. The first-order valence-corrected chi connectivity index (χ1v) is 5.53. The average molecular weight is 361 g/mol. The van der Waals surface area contributed by atoms with Gasteiger partial charge < -0.3 is 11.1 Å². The van der Waals surface area contributed by atoms with Crippen LogP contribution in [0.1, 0.15) is 18.3 Å². The van der Waals surface area contributed by atoms with Gasteiger partial charge in [-0.05, 0) is 19.4 Å². The second-order valence-electron chi connectivity index (χ2n) is 4.01. The van der Waals surface area contributed by atoms with Crippen LogP contribution >= 0.6 is 24.0 Å². The predicted octanol–water partition coefficient (Wildman–Crippen LogP) is 1.43. The van der Waals surface area contributed by atoms with Crippen molar-refractivity contribution in [3.63, 3.8) is 0 Å². The molecule has 0 aliphatic carbocycles. The van der Waals surface area contributed by atoms with Crippen molar-refractivity contribution in [2.24, 2.45) is 10.7 Å². The number of nitrogens with two attached hydrogens (primary N) is 1. The molecular formula is C12H20IN5. The molecule has 0 fully saturated rings. The van der Waals surface area contributed by atoms with Crippen molar-refractivity contribution in [2.45, 2.75) is 20.3 Å². The number of aliphatic imine (C=N–C) groups is 1. The Labute approximate surface area is 125 Å². The molecule has 0 radical (unpaired) electrons. The van der Waals surface area contributed by atoms with E-state index < -0.39 is 0 Å². The van der Waals surface area contributed by atoms with Crippen LogP contribution in [0.15, 0.2) is 29.5 Å². The van der Waals surface area contributed by atoms with Crippen LogP contribution in [0.25, 0.3) is 0 Å². The number of aromatic nitrogens is 2. The van der Waals surface area contributed by atoms with E-state index in [-0.39, 0.29) is 24.0 Å². The van der Waals surface area contributed by atoms with Gasteiger partial charge in [-0.25, -0.2) is 15.0 Å². The molecule has 100 valence electrons. The van der Waals surface area contributed by atoms with E-state index >= 15 is 0 Å². The third-order valence-corrected chi connectivity index (χ3v) is 2.01. The van der Waals surface area contributed by atoms with E-state index in [1.165, 1.54) is 0 Å². The van der Waals surface area contributed by atoms with Gasteiger partial charge in [-0.2, -0.15) is 0 Å². The second-order valence-corrected chi connectivity index (χ2v) is 4.01. The lowest BCUT2D eigenvalue weighted by Crippen LogP contribution is -2.33. The number of halogens is 1. The molecule has 0 aliphatic heterocycles. The molecule has 1 aromatic heterocycles. The molecule has 0 saturated carbocycles. The van der Waals surface area contributed by atoms with Crippen LogP contribution in [0, 0.1) is 6.92 Å². The van der Waals surface area contributed by atoms with Gasteiger partial charge in [0.05, 0.1) is 6.54 Å². The standard InChI is InChI=1S/C12H19N5.HI/c1-9(2)6-17-12(13)14-5-4-11-15-7-10(3)8-16-11;/h7-8H,1,4-6H2,2-3H3,(H3,13,14,17);1H. The van der Waals surface area contributed by atoms with E-state index in [1.54, 1.807) is 12.4 Å². The summed E-state index contributed by atoms with van der Waals surface area (Å²) in [6, 6.07) is 0. The summed E-state index contributed by atoms with van der Waals surface area (Å²) < 4.78 is 0. The molecule has 0 aromatic carbocycles. The molecule has 1 aromatic rings. The fourth-order valence-electron chi connectivity index (χ4n) is 1.13. The highest BCUT2D eigenvalue weighted by atomic mass is 127. The van der Waals surface area contributed by atoms with Gasteiger partial charge in [0.1, 0.15) is 5.82 Å². The molecule has 1 rings (SSSR count). The third kappa shape index (κ3) is 7.21. The number of hydrogen-bond acceptors (Lipinski definition) is 3. The van der Waals surface area contributed by atoms with Crippen molar-refractivity contribution in [1.29, 1.82) is 0 Å². The van der Waals surface area contributed by atoms with Crippen LogP contribution in [-0.2, 0) is 6.42 Å². The summed E-state index contributed by atoms with van der Waals surface area (Å²) in [6.45, 7) is 8.86. The maximum absolute atomic E-state index is 5.67. The molecule has 0 unspecified atom stereocenters. The Morgan fingerprint density at radius 2 is 2.06 bits per heavy atom.